The van der Waals surface area contributed by atoms with Crippen molar-refractivity contribution in [3.05, 3.63) is 22.4 Å². The lowest BCUT2D eigenvalue weighted by molar-refractivity contribution is -0.138. The molecule has 1 rings (SSSR count). The maximum Gasteiger partial charge on any atom is 0.302 e. The summed E-state index contributed by atoms with van der Waals surface area (Å²) in [5.74, 6) is -1.44. The van der Waals surface area contributed by atoms with Gasteiger partial charge in [0, 0.05) is 0 Å². The number of pyridine rings is 1. The molecule has 0 saturated carbocycles. The van der Waals surface area contributed by atoms with E-state index in [9.17, 15) is 13.6 Å². The quantitative estimate of drug-likeness (QED) is 0.395. The minimum Gasteiger partial charge on any atom is -0.337 e. The zero-order chi connectivity index (χ0) is 10.7. The van der Waals surface area contributed by atoms with Gasteiger partial charge in [-0.15, -0.1) is 0 Å². The molecule has 0 saturated heterocycles. The van der Waals surface area contributed by atoms with Gasteiger partial charge in [0.2, 0.25) is 5.78 Å². The van der Waals surface area contributed by atoms with Gasteiger partial charge in [0.15, 0.2) is 10.4 Å². The van der Waals surface area contributed by atoms with Crippen LogP contribution in [0.2, 0.25) is 0 Å². The van der Waals surface area contributed by atoms with Gasteiger partial charge < -0.3 is 4.89 Å². The van der Waals surface area contributed by atoms with Crippen LogP contribution in [0.3, 0.4) is 0 Å². The number of hydrogen-bond donors (Lipinski definition) is 1. The smallest absolute Gasteiger partial charge is 0.302 e. The summed E-state index contributed by atoms with van der Waals surface area (Å²) in [7, 11) is 0. The van der Waals surface area contributed by atoms with Crippen LogP contribution in [0, 0.1) is 0 Å². The number of carbonyl (C=O) groups excluding carboxylic acids is 1. The van der Waals surface area contributed by atoms with E-state index in [1.165, 1.54) is 0 Å². The first-order valence-corrected chi connectivity index (χ1v) is 4.16. The van der Waals surface area contributed by atoms with E-state index in [-0.39, 0.29) is 10.4 Å². The molecule has 4 nitrogen and oxygen atoms in total. The SMILES string of the molecule is O=C(c1ccc(OO)c(Br)n1)C(F)F. The third kappa shape index (κ3) is 2.24. The highest BCUT2D eigenvalue weighted by molar-refractivity contribution is 9.10. The molecule has 0 unspecified atom stereocenters. The average molecular weight is 268 g/mol. The van der Waals surface area contributed by atoms with Gasteiger partial charge in [0.25, 0.3) is 0 Å². The second-order valence-corrected chi connectivity index (χ2v) is 2.99. The molecular weight excluding hydrogens is 264 g/mol. The summed E-state index contributed by atoms with van der Waals surface area (Å²) in [4.78, 5) is 18.1. The maximum atomic E-state index is 11.9. The summed E-state index contributed by atoms with van der Waals surface area (Å²) in [6.07, 6.45) is -3.10. The highest BCUT2D eigenvalue weighted by Crippen LogP contribution is 2.22. The van der Waals surface area contributed by atoms with Crippen molar-refractivity contribution in [3.63, 3.8) is 0 Å². The Morgan fingerprint density at radius 1 is 1.57 bits per heavy atom. The number of halogens is 3. The van der Waals surface area contributed by atoms with E-state index < -0.39 is 17.9 Å². The van der Waals surface area contributed by atoms with E-state index >= 15 is 0 Å². The van der Waals surface area contributed by atoms with Crippen LogP contribution >= 0.6 is 15.9 Å². The molecule has 0 aliphatic rings. The third-order valence-corrected chi connectivity index (χ3v) is 1.93. The summed E-state index contributed by atoms with van der Waals surface area (Å²) in [5, 5.41) is 8.25. The van der Waals surface area contributed by atoms with E-state index in [0.717, 1.165) is 12.1 Å². The molecule has 1 heterocycles. The number of alkyl halides is 2. The summed E-state index contributed by atoms with van der Waals surface area (Å²) in [6.45, 7) is 0. The Labute approximate surface area is 85.6 Å². The molecule has 0 aromatic carbocycles. The molecule has 14 heavy (non-hydrogen) atoms. The predicted octanol–water partition coefficient (Wildman–Crippen LogP) is 2.14. The van der Waals surface area contributed by atoms with Crippen LogP contribution in [-0.4, -0.2) is 22.4 Å². The Morgan fingerprint density at radius 3 is 2.64 bits per heavy atom. The first kappa shape index (κ1) is 11.0. The number of Topliss-reactive ketones (excluding diaryl/α,β-unsaturated/α-hetero) is 1. The summed E-state index contributed by atoms with van der Waals surface area (Å²) >= 11 is 2.83. The number of nitrogens with zero attached hydrogens (tertiary/aromatic N) is 1. The zero-order valence-corrected chi connectivity index (χ0v) is 8.16. The largest absolute Gasteiger partial charge is 0.337 e. The van der Waals surface area contributed by atoms with Crippen molar-refractivity contribution >= 4 is 21.7 Å². The standard InChI is InChI=1S/C7H4BrF2NO3/c8-6-4(14-13)2-1-3(11-6)5(12)7(9)10/h1-2,7,13H. The van der Waals surface area contributed by atoms with Crippen LogP contribution in [0.15, 0.2) is 16.7 Å². The maximum absolute atomic E-state index is 11.9. The third-order valence-electron chi connectivity index (χ3n) is 1.36. The fraction of sp³-hybridized carbons (Fsp3) is 0.143. The van der Waals surface area contributed by atoms with Crippen molar-refractivity contribution in [2.75, 3.05) is 0 Å². The highest BCUT2D eigenvalue weighted by atomic mass is 79.9. The molecule has 0 radical (unpaired) electrons. The van der Waals surface area contributed by atoms with Gasteiger partial charge in [0.05, 0.1) is 0 Å². The van der Waals surface area contributed by atoms with Crippen LogP contribution in [-0.2, 0) is 0 Å². The van der Waals surface area contributed by atoms with Crippen molar-refractivity contribution in [3.8, 4) is 5.75 Å². The fourth-order valence-corrected chi connectivity index (χ4v) is 1.13. The fourth-order valence-electron chi connectivity index (χ4n) is 0.739. The Hall–Kier alpha value is -1.08. The van der Waals surface area contributed by atoms with E-state index in [1.54, 1.807) is 0 Å². The number of ketones is 1. The molecule has 0 spiro atoms. The first-order chi connectivity index (χ1) is 6.56. The molecule has 1 N–H and O–H groups in total. The molecule has 1 aromatic heterocycles. The minimum absolute atomic E-state index is 0.0218. The van der Waals surface area contributed by atoms with Gasteiger partial charge in [-0.1, -0.05) is 0 Å². The number of aromatic nitrogens is 1. The zero-order valence-electron chi connectivity index (χ0n) is 6.58. The minimum atomic E-state index is -3.10. The molecule has 0 aliphatic heterocycles. The first-order valence-electron chi connectivity index (χ1n) is 3.36. The Bertz CT molecular complexity index is 359. The van der Waals surface area contributed by atoms with Gasteiger partial charge in [-0.05, 0) is 28.1 Å². The van der Waals surface area contributed by atoms with Crippen LogP contribution in [0.4, 0.5) is 8.78 Å². The van der Waals surface area contributed by atoms with E-state index in [4.69, 9.17) is 5.26 Å². The molecule has 1 aromatic rings. The second-order valence-electron chi connectivity index (χ2n) is 2.24. The van der Waals surface area contributed by atoms with Crippen molar-refractivity contribution in [1.82, 2.24) is 4.98 Å². The summed E-state index contributed by atoms with van der Waals surface area (Å²) in [5.41, 5.74) is -0.396. The van der Waals surface area contributed by atoms with Gasteiger partial charge in [-0.3, -0.25) is 4.79 Å². The van der Waals surface area contributed by atoms with E-state index in [1.807, 2.05) is 0 Å². The van der Waals surface area contributed by atoms with Gasteiger partial charge in [-0.25, -0.2) is 19.0 Å². The molecule has 0 atom stereocenters. The average Bonchev–Trinajstić information content (AvgIpc) is 2.16. The van der Waals surface area contributed by atoms with Gasteiger partial charge >= 0.3 is 6.43 Å². The molecule has 0 bridgehead atoms. The van der Waals surface area contributed by atoms with Gasteiger partial charge in [0.1, 0.15) is 5.69 Å². The normalized spacial score (nSPS) is 10.4. The van der Waals surface area contributed by atoms with Crippen LogP contribution in [0.5, 0.6) is 5.75 Å². The summed E-state index contributed by atoms with van der Waals surface area (Å²) < 4.78 is 23.9. The van der Waals surface area contributed by atoms with Crippen LogP contribution in [0.1, 0.15) is 10.5 Å². The Balaban J connectivity index is 3.03. The molecular formula is C7H4BrF2NO3. The number of rotatable bonds is 3. The highest BCUT2D eigenvalue weighted by Gasteiger charge is 2.20. The summed E-state index contributed by atoms with van der Waals surface area (Å²) in [6, 6.07) is 2.18. The number of hydrogen-bond acceptors (Lipinski definition) is 4. The lowest BCUT2D eigenvalue weighted by atomic mass is 10.2. The van der Waals surface area contributed by atoms with Crippen LogP contribution < -0.4 is 4.89 Å². The molecule has 0 aliphatic carbocycles. The Kier molecular flexibility index (Phi) is 3.48. The molecule has 0 fully saturated rings. The van der Waals surface area contributed by atoms with Crippen molar-refractivity contribution in [2.45, 2.75) is 6.43 Å². The predicted molar refractivity (Wildman–Crippen MR) is 45.5 cm³/mol. The van der Waals surface area contributed by atoms with Crippen LogP contribution in [0.25, 0.3) is 0 Å². The van der Waals surface area contributed by atoms with E-state index in [2.05, 4.69) is 25.8 Å². The second kappa shape index (κ2) is 4.43. The number of carbonyl (C=O) groups is 1. The lowest BCUT2D eigenvalue weighted by Gasteiger charge is -2.02. The lowest BCUT2D eigenvalue weighted by Crippen LogP contribution is -2.12. The van der Waals surface area contributed by atoms with Crippen molar-refractivity contribution in [1.29, 1.82) is 0 Å². The topological polar surface area (TPSA) is 59.4 Å². The van der Waals surface area contributed by atoms with E-state index in [0.29, 0.717) is 0 Å². The monoisotopic (exact) mass is 267 g/mol. The Morgan fingerprint density at radius 2 is 2.21 bits per heavy atom. The van der Waals surface area contributed by atoms with Gasteiger partial charge in [-0.2, -0.15) is 0 Å². The molecule has 7 heteroatoms. The molecule has 76 valence electrons. The van der Waals surface area contributed by atoms with Crippen molar-refractivity contribution in [2.24, 2.45) is 0 Å². The molecule has 0 amide bonds. The van der Waals surface area contributed by atoms with Crippen molar-refractivity contribution < 1.29 is 23.7 Å².